The summed E-state index contributed by atoms with van der Waals surface area (Å²) in [5, 5.41) is 3.27. The Hall–Kier alpha value is -1.98. The van der Waals surface area contributed by atoms with Gasteiger partial charge in [-0.3, -0.25) is 0 Å². The zero-order chi connectivity index (χ0) is 17.8. The second-order valence-electron chi connectivity index (χ2n) is 4.75. The smallest absolute Gasteiger partial charge is 0.384 e. The molecule has 0 atom stereocenters. The third-order valence-electron chi connectivity index (χ3n) is 2.93. The molecule has 0 bridgehead atoms. The monoisotopic (exact) mass is 365 g/mol. The molecule has 0 fully saturated rings. The van der Waals surface area contributed by atoms with Gasteiger partial charge in [-0.05, 0) is 5.56 Å². The number of rotatable bonds is 7. The van der Waals surface area contributed by atoms with E-state index in [1.807, 2.05) is 0 Å². The molecular formula is C13H14F3N3O4S. The van der Waals surface area contributed by atoms with Crippen molar-refractivity contribution in [2.75, 3.05) is 19.5 Å². The standard InChI is InChI=1S/C13H14F3N3O4S/c1-22-6-7-24(20,21)17-8-9-2-4-10(5-3-9)11-18-12(23-19-11)13(14,15)16/h2-5,17H,6-8H2,1H3. The van der Waals surface area contributed by atoms with Crippen LogP contribution in [0.25, 0.3) is 11.4 Å². The lowest BCUT2D eigenvalue weighted by Crippen LogP contribution is -2.27. The highest BCUT2D eigenvalue weighted by atomic mass is 32.2. The van der Waals surface area contributed by atoms with E-state index < -0.39 is 22.1 Å². The zero-order valence-corrected chi connectivity index (χ0v) is 13.3. The number of nitrogens with zero attached hydrogens (tertiary/aromatic N) is 2. The molecule has 0 saturated carbocycles. The quantitative estimate of drug-likeness (QED) is 0.804. The Morgan fingerprint density at radius 3 is 2.46 bits per heavy atom. The Morgan fingerprint density at radius 2 is 1.92 bits per heavy atom. The molecule has 132 valence electrons. The van der Waals surface area contributed by atoms with Crippen LogP contribution in [0.4, 0.5) is 13.2 Å². The lowest BCUT2D eigenvalue weighted by molar-refractivity contribution is -0.159. The van der Waals surface area contributed by atoms with Crippen LogP contribution in [0.1, 0.15) is 11.5 Å². The van der Waals surface area contributed by atoms with Crippen molar-refractivity contribution < 1.29 is 30.8 Å². The van der Waals surface area contributed by atoms with E-state index in [2.05, 4.69) is 19.4 Å². The van der Waals surface area contributed by atoms with Gasteiger partial charge in [0.05, 0.1) is 12.4 Å². The highest BCUT2D eigenvalue weighted by molar-refractivity contribution is 7.89. The Morgan fingerprint density at radius 1 is 1.25 bits per heavy atom. The van der Waals surface area contributed by atoms with E-state index in [0.717, 1.165) is 0 Å². The van der Waals surface area contributed by atoms with Crippen molar-refractivity contribution in [2.24, 2.45) is 0 Å². The molecule has 0 saturated heterocycles. The van der Waals surface area contributed by atoms with Crippen molar-refractivity contribution in [3.8, 4) is 11.4 Å². The summed E-state index contributed by atoms with van der Waals surface area (Å²) in [4.78, 5) is 3.27. The summed E-state index contributed by atoms with van der Waals surface area (Å²) in [5.41, 5.74) is 0.944. The van der Waals surface area contributed by atoms with Gasteiger partial charge in [-0.15, -0.1) is 0 Å². The third-order valence-corrected chi connectivity index (χ3v) is 4.22. The number of alkyl halides is 3. The molecule has 1 heterocycles. The van der Waals surface area contributed by atoms with Gasteiger partial charge in [-0.25, -0.2) is 13.1 Å². The zero-order valence-electron chi connectivity index (χ0n) is 12.5. The van der Waals surface area contributed by atoms with Gasteiger partial charge in [0.2, 0.25) is 15.8 Å². The van der Waals surface area contributed by atoms with Gasteiger partial charge in [-0.1, -0.05) is 29.4 Å². The first kappa shape index (κ1) is 18.4. The minimum atomic E-state index is -4.70. The third kappa shape index (κ3) is 5.01. The van der Waals surface area contributed by atoms with E-state index in [1.165, 1.54) is 19.2 Å². The average molecular weight is 365 g/mol. The van der Waals surface area contributed by atoms with Crippen LogP contribution in [-0.2, 0) is 27.5 Å². The molecule has 24 heavy (non-hydrogen) atoms. The SMILES string of the molecule is COCCS(=O)(=O)NCc1ccc(-c2noc(C(F)(F)F)n2)cc1. The van der Waals surface area contributed by atoms with E-state index >= 15 is 0 Å². The minimum Gasteiger partial charge on any atom is -0.384 e. The maximum absolute atomic E-state index is 12.4. The van der Waals surface area contributed by atoms with Gasteiger partial charge < -0.3 is 9.26 Å². The summed E-state index contributed by atoms with van der Waals surface area (Å²) >= 11 is 0. The molecule has 0 aliphatic rings. The summed E-state index contributed by atoms with van der Waals surface area (Å²) in [6.07, 6.45) is -4.70. The van der Waals surface area contributed by atoms with E-state index in [0.29, 0.717) is 11.1 Å². The Balaban J connectivity index is 2.02. The summed E-state index contributed by atoms with van der Waals surface area (Å²) in [5.74, 6) is -1.79. The summed E-state index contributed by atoms with van der Waals surface area (Å²) in [6.45, 7) is 0.125. The molecule has 11 heteroatoms. The molecule has 2 rings (SSSR count). The number of ether oxygens (including phenoxy) is 1. The number of hydrogen-bond acceptors (Lipinski definition) is 6. The van der Waals surface area contributed by atoms with E-state index in [9.17, 15) is 21.6 Å². The normalized spacial score (nSPS) is 12.5. The van der Waals surface area contributed by atoms with Crippen molar-refractivity contribution in [1.29, 1.82) is 0 Å². The highest BCUT2D eigenvalue weighted by Gasteiger charge is 2.38. The van der Waals surface area contributed by atoms with Crippen LogP contribution < -0.4 is 4.72 Å². The van der Waals surface area contributed by atoms with Crippen molar-refractivity contribution >= 4 is 10.0 Å². The molecule has 0 aliphatic carbocycles. The predicted molar refractivity (Wildman–Crippen MR) is 77.2 cm³/mol. The molecule has 0 spiro atoms. The molecule has 0 amide bonds. The lowest BCUT2D eigenvalue weighted by atomic mass is 10.1. The highest BCUT2D eigenvalue weighted by Crippen LogP contribution is 2.29. The molecule has 2 aromatic rings. The van der Waals surface area contributed by atoms with Gasteiger partial charge in [0.15, 0.2) is 0 Å². The minimum absolute atomic E-state index is 0.0480. The maximum atomic E-state index is 12.4. The number of benzene rings is 1. The van der Waals surface area contributed by atoms with Crippen molar-refractivity contribution in [3.63, 3.8) is 0 Å². The summed E-state index contributed by atoms with van der Waals surface area (Å²) < 4.78 is 71.7. The van der Waals surface area contributed by atoms with E-state index in [4.69, 9.17) is 4.74 Å². The Bertz CT molecular complexity index is 773. The number of methoxy groups -OCH3 is 1. The van der Waals surface area contributed by atoms with Crippen molar-refractivity contribution in [1.82, 2.24) is 14.9 Å². The van der Waals surface area contributed by atoms with Gasteiger partial charge >= 0.3 is 12.1 Å². The molecular weight excluding hydrogens is 351 g/mol. The molecule has 7 nitrogen and oxygen atoms in total. The first-order chi connectivity index (χ1) is 11.2. The molecule has 0 aliphatic heterocycles. The number of nitrogens with one attached hydrogen (secondary N) is 1. The second-order valence-corrected chi connectivity index (χ2v) is 6.68. The second kappa shape index (κ2) is 7.28. The fraction of sp³-hybridized carbons (Fsp3) is 0.385. The Kier molecular flexibility index (Phi) is 5.57. The van der Waals surface area contributed by atoms with Crippen molar-refractivity contribution in [2.45, 2.75) is 12.7 Å². The van der Waals surface area contributed by atoms with Crippen LogP contribution in [0.2, 0.25) is 0 Å². The first-order valence-electron chi connectivity index (χ1n) is 6.68. The first-order valence-corrected chi connectivity index (χ1v) is 8.33. The number of sulfonamides is 1. The predicted octanol–water partition coefficient (Wildman–Crippen LogP) is 1.82. The number of aromatic nitrogens is 2. The van der Waals surface area contributed by atoms with Crippen LogP contribution in [-0.4, -0.2) is 38.0 Å². The van der Waals surface area contributed by atoms with Crippen molar-refractivity contribution in [3.05, 3.63) is 35.7 Å². The molecule has 1 aromatic carbocycles. The Labute approximate surface area is 135 Å². The molecule has 1 aromatic heterocycles. The van der Waals surface area contributed by atoms with Gasteiger partial charge in [-0.2, -0.15) is 18.2 Å². The van der Waals surface area contributed by atoms with Crippen LogP contribution in [0.5, 0.6) is 0 Å². The average Bonchev–Trinajstić information content (AvgIpc) is 3.02. The summed E-state index contributed by atoms with van der Waals surface area (Å²) in [6, 6.07) is 6.06. The van der Waals surface area contributed by atoms with E-state index in [1.54, 1.807) is 12.1 Å². The number of hydrogen-bond donors (Lipinski definition) is 1. The van der Waals surface area contributed by atoms with E-state index in [-0.39, 0.29) is 24.7 Å². The molecule has 0 unspecified atom stereocenters. The fourth-order valence-corrected chi connectivity index (χ4v) is 2.60. The van der Waals surface area contributed by atoms with Gasteiger partial charge in [0.1, 0.15) is 0 Å². The van der Waals surface area contributed by atoms with Crippen LogP contribution >= 0.6 is 0 Å². The van der Waals surface area contributed by atoms with Gasteiger partial charge in [0, 0.05) is 19.2 Å². The van der Waals surface area contributed by atoms with Crippen LogP contribution in [0.3, 0.4) is 0 Å². The molecule has 0 radical (unpaired) electrons. The largest absolute Gasteiger partial charge is 0.471 e. The van der Waals surface area contributed by atoms with Gasteiger partial charge in [0.25, 0.3) is 0 Å². The maximum Gasteiger partial charge on any atom is 0.471 e. The topological polar surface area (TPSA) is 94.3 Å². The summed E-state index contributed by atoms with van der Waals surface area (Å²) in [7, 11) is -2.06. The van der Waals surface area contributed by atoms with Crippen LogP contribution in [0.15, 0.2) is 28.8 Å². The molecule has 1 N–H and O–H groups in total. The lowest BCUT2D eigenvalue weighted by Gasteiger charge is -2.06. The fourth-order valence-electron chi connectivity index (χ4n) is 1.69. The number of halogens is 3. The van der Waals surface area contributed by atoms with Crippen LogP contribution in [0, 0.1) is 0 Å².